The maximum absolute atomic E-state index is 12.6. The van der Waals surface area contributed by atoms with E-state index in [4.69, 9.17) is 10.5 Å². The summed E-state index contributed by atoms with van der Waals surface area (Å²) in [4.78, 5) is 10.2. The molecule has 63 heavy (non-hydrogen) atoms. The van der Waals surface area contributed by atoms with Gasteiger partial charge in [-0.05, 0) is 79.8 Å². The first-order valence-corrected chi connectivity index (χ1v) is 21.3. The van der Waals surface area contributed by atoms with Gasteiger partial charge in [-0.25, -0.2) is 4.98 Å². The Morgan fingerprint density at radius 3 is 1.86 bits per heavy atom. The van der Waals surface area contributed by atoms with Crippen molar-refractivity contribution < 1.29 is 35.8 Å². The quantitative estimate of drug-likeness (QED) is 0.169. The molecule has 2 heterocycles. The summed E-state index contributed by atoms with van der Waals surface area (Å²) < 4.78 is 64.7. The molecule has 8 rings (SSSR count). The average Bonchev–Trinajstić information content (AvgIpc) is 3.66. The number of nitrogens with zero attached hydrogens (tertiary/aromatic N) is 3. The summed E-state index contributed by atoms with van der Waals surface area (Å²) in [5.41, 5.74) is 8.28. The molecule has 0 fully saturated rings. The third-order valence-corrected chi connectivity index (χ3v) is 11.6. The van der Waals surface area contributed by atoms with Crippen molar-refractivity contribution in [1.29, 1.82) is 0 Å². The van der Waals surface area contributed by atoms with Crippen molar-refractivity contribution in [3.63, 3.8) is 0 Å². The van der Waals surface area contributed by atoms with Crippen LogP contribution in [-0.4, -0.2) is 19.6 Å². The number of hydrogen-bond donors (Lipinski definition) is 1. The van der Waals surface area contributed by atoms with Crippen molar-refractivity contribution in [2.24, 2.45) is 0 Å². The predicted molar refractivity (Wildman–Crippen MR) is 261 cm³/mol. The number of imidazole rings is 1. The van der Waals surface area contributed by atoms with E-state index in [-0.39, 0.29) is 72.8 Å². The van der Waals surface area contributed by atoms with Crippen molar-refractivity contribution in [1.82, 2.24) is 14.5 Å². The van der Waals surface area contributed by atoms with Crippen molar-refractivity contribution in [3.8, 4) is 67.5 Å². The smallest absolute Gasteiger partial charge is 0.148 e. The molecule has 0 saturated carbocycles. The molecule has 0 saturated heterocycles. The first-order chi connectivity index (χ1) is 32.1. The van der Waals surface area contributed by atoms with Crippen LogP contribution in [0.15, 0.2) is 139 Å². The fourth-order valence-corrected chi connectivity index (χ4v) is 7.85. The first kappa shape index (κ1) is 36.9. The molecule has 0 aliphatic rings. The monoisotopic (exact) mass is 1020 g/mol. The summed E-state index contributed by atoms with van der Waals surface area (Å²) in [5, 5.41) is 12.6. The molecule has 0 spiro atoms. The van der Waals surface area contributed by atoms with Gasteiger partial charge in [0.25, 0.3) is 0 Å². The van der Waals surface area contributed by atoms with Gasteiger partial charge in [0.05, 0.1) is 31.9 Å². The number of hydrogen-bond acceptors (Lipinski definition) is 3. The van der Waals surface area contributed by atoms with E-state index in [2.05, 4.69) is 106 Å². The Morgan fingerprint density at radius 2 is 1.21 bits per heavy atom. The van der Waals surface area contributed by atoms with Gasteiger partial charge in [0, 0.05) is 44.1 Å². The molecule has 2 aromatic heterocycles. The average molecular weight is 1020 g/mol. The van der Waals surface area contributed by atoms with Gasteiger partial charge in [0.15, 0.2) is 0 Å². The number of pyridine rings is 1. The third-order valence-electron chi connectivity index (χ3n) is 11.6. The van der Waals surface area contributed by atoms with E-state index in [1.165, 1.54) is 6.20 Å². The summed E-state index contributed by atoms with van der Waals surface area (Å²) in [6.45, 7) is 25.2. The third kappa shape index (κ3) is 9.11. The van der Waals surface area contributed by atoms with Crippen LogP contribution >= 0.6 is 0 Å². The van der Waals surface area contributed by atoms with Gasteiger partial charge in [-0.2, -0.15) is 0 Å². The van der Waals surface area contributed by atoms with Gasteiger partial charge in [0.2, 0.25) is 0 Å². The Morgan fingerprint density at radius 1 is 0.571 bits per heavy atom. The topological polar surface area (TPSA) is 50.9 Å². The largest absolute Gasteiger partial charge is 0.507 e. The second kappa shape index (κ2) is 16.9. The standard InChI is InChI=1S/C58H60N3O.Pt/c1-55(2,3)42-26-27-50(46(34-42)38-22-17-14-18-23-38)61-51-25-19-24-45(52(51)60-54(61)47-35-44(57(7,8)9)36-48(53(47)62)58(10,11)12)40-30-41(32-43(31-40)56(4,5)6)49-33-39(28-29-59-49)37-20-15-13-16-21-37;/h13-29,31-36,62H,1-12H3;/q-1;/i14D,17D,18D,22D,23D,28D,33D;. The number of para-hydroxylation sites is 1. The summed E-state index contributed by atoms with van der Waals surface area (Å²) in [6, 6.07) is 31.2. The maximum atomic E-state index is 12.6. The SMILES string of the molecule is [2H]c1cnc(-c2[c-]c(-c3cccc4c3nc(-c3cc(C(C)(C)C)cc(C(C)(C)C)c3O)n4-c3ccc(C(C)(C)C)cc3-c3c([2H])c([2H])c([2H])c([2H])c3[2H])cc(C(C)(C)C)c2)c([2H])c1-c1ccccc1.[Pt]. The van der Waals surface area contributed by atoms with Crippen molar-refractivity contribution in [2.75, 3.05) is 0 Å². The summed E-state index contributed by atoms with van der Waals surface area (Å²) in [7, 11) is 0. The second-order valence-electron chi connectivity index (χ2n) is 20.4. The number of benzene rings is 6. The molecule has 324 valence electrons. The molecule has 4 nitrogen and oxygen atoms in total. The molecule has 0 bridgehead atoms. The Hall–Kier alpha value is -5.57. The Labute approximate surface area is 399 Å². The predicted octanol–water partition coefficient (Wildman–Crippen LogP) is 15.4. The number of aromatic nitrogens is 3. The van der Waals surface area contributed by atoms with Gasteiger partial charge in [0.1, 0.15) is 11.6 Å². The van der Waals surface area contributed by atoms with E-state index in [0.29, 0.717) is 61.6 Å². The fraction of sp³-hybridized carbons (Fsp3) is 0.276. The van der Waals surface area contributed by atoms with E-state index >= 15 is 0 Å². The number of fused-ring (bicyclic) bond motifs is 1. The van der Waals surface area contributed by atoms with Gasteiger partial charge >= 0.3 is 0 Å². The molecule has 0 aliphatic heterocycles. The fourth-order valence-electron chi connectivity index (χ4n) is 7.85. The summed E-state index contributed by atoms with van der Waals surface area (Å²) in [6.07, 6.45) is 1.49. The molecule has 0 aliphatic carbocycles. The van der Waals surface area contributed by atoms with Crippen LogP contribution in [0.5, 0.6) is 5.75 Å². The zero-order valence-corrected chi connectivity index (χ0v) is 40.6. The van der Waals surface area contributed by atoms with Crippen LogP contribution < -0.4 is 0 Å². The van der Waals surface area contributed by atoms with Gasteiger partial charge in [-0.1, -0.05) is 185 Å². The van der Waals surface area contributed by atoms with E-state index in [0.717, 1.165) is 27.8 Å². The minimum atomic E-state index is -0.480. The van der Waals surface area contributed by atoms with Crippen LogP contribution in [0.3, 0.4) is 0 Å². The minimum Gasteiger partial charge on any atom is -0.507 e. The van der Waals surface area contributed by atoms with Crippen molar-refractivity contribution in [2.45, 2.75) is 105 Å². The Balaban J connectivity index is 0.00000722. The van der Waals surface area contributed by atoms with E-state index < -0.39 is 23.5 Å². The van der Waals surface area contributed by atoms with Crippen LogP contribution in [0.2, 0.25) is 0 Å². The molecular weight excluding hydrogens is 950 g/mol. The number of phenolic OH excluding ortho intramolecular Hbond substituents is 1. The molecule has 0 radical (unpaired) electrons. The van der Waals surface area contributed by atoms with Gasteiger partial charge in [-0.3, -0.25) is 9.55 Å². The van der Waals surface area contributed by atoms with Crippen LogP contribution in [0, 0.1) is 6.07 Å². The normalized spacial score (nSPS) is 13.9. The van der Waals surface area contributed by atoms with E-state index in [1.807, 2.05) is 83.4 Å². The van der Waals surface area contributed by atoms with Gasteiger partial charge in [-0.15, -0.1) is 29.3 Å². The van der Waals surface area contributed by atoms with Crippen molar-refractivity contribution >= 4 is 11.0 Å². The summed E-state index contributed by atoms with van der Waals surface area (Å²) >= 11 is 0. The zero-order valence-electron chi connectivity index (χ0n) is 45.3. The van der Waals surface area contributed by atoms with E-state index in [1.54, 1.807) is 0 Å². The van der Waals surface area contributed by atoms with Crippen LogP contribution in [0.1, 0.15) is 115 Å². The summed E-state index contributed by atoms with van der Waals surface area (Å²) in [5.74, 6) is 0.457. The van der Waals surface area contributed by atoms with Gasteiger partial charge < -0.3 is 5.11 Å². The van der Waals surface area contributed by atoms with E-state index in [9.17, 15) is 9.22 Å². The second-order valence-corrected chi connectivity index (χ2v) is 20.4. The van der Waals surface area contributed by atoms with Crippen LogP contribution in [0.4, 0.5) is 0 Å². The Bertz CT molecular complexity index is 3330. The molecule has 8 aromatic rings. The molecule has 0 unspecified atom stereocenters. The minimum absolute atomic E-state index is 0. The number of phenols is 1. The molecular formula is C58H60N3OPt-. The molecule has 5 heteroatoms. The van der Waals surface area contributed by atoms with Crippen LogP contribution in [0.25, 0.3) is 72.7 Å². The Kier molecular flexibility index (Phi) is 9.86. The molecule has 6 aromatic carbocycles. The van der Waals surface area contributed by atoms with Crippen LogP contribution in [-0.2, 0) is 42.7 Å². The molecule has 0 atom stereocenters. The zero-order chi connectivity index (χ0) is 50.4. The molecule has 0 amide bonds. The molecule has 1 N–H and O–H groups in total. The van der Waals surface area contributed by atoms with Crippen molar-refractivity contribution in [3.05, 3.63) is 168 Å². The number of rotatable bonds is 6. The number of aromatic hydroxyl groups is 1. The first-order valence-electron chi connectivity index (χ1n) is 24.8. The maximum Gasteiger partial charge on any atom is 0.148 e.